The van der Waals surface area contributed by atoms with Crippen molar-refractivity contribution in [1.29, 1.82) is 0 Å². The molecule has 3 fully saturated rings. The Morgan fingerprint density at radius 2 is 1.83 bits per heavy atom. The van der Waals surface area contributed by atoms with Gasteiger partial charge in [-0.1, -0.05) is 43.5 Å². The average Bonchev–Trinajstić information content (AvgIpc) is 3.58. The van der Waals surface area contributed by atoms with Gasteiger partial charge < -0.3 is 25.4 Å². The number of nitrogens with zero attached hydrogens (tertiary/aromatic N) is 1. The van der Waals surface area contributed by atoms with E-state index in [-0.39, 0.29) is 47.0 Å². The molecule has 2 heterocycles. The quantitative estimate of drug-likeness (QED) is 0.285. The van der Waals surface area contributed by atoms with Crippen LogP contribution in [0.15, 0.2) is 48.5 Å². The smallest absolute Gasteiger partial charge is 0.255 e. The highest BCUT2D eigenvalue weighted by molar-refractivity contribution is 8.00. The lowest BCUT2D eigenvalue weighted by Gasteiger charge is -2.31. The molecule has 0 bridgehead atoms. The SMILES string of the molecule is O=C(NCC(NC(=O)[C@@H]1CSCN1)C(Cc1ccc(N2CCOCC2)cc1)SCC1CCCCC1)c1ccccc1O. The maximum absolute atomic E-state index is 13.3. The molecule has 42 heavy (non-hydrogen) atoms. The molecule has 2 aliphatic heterocycles. The minimum atomic E-state index is -0.340. The normalized spacial score (nSPS) is 21.0. The number of amides is 2. The standard InChI is InChI=1S/C32H44N4O4S2/c37-29-9-5-4-8-26(29)31(38)33-19-27(35-32(39)28-21-41-22-34-28)30(42-20-24-6-2-1-3-7-24)18-23-10-12-25(13-11-23)36-14-16-40-17-15-36/h4-5,8-13,24,27-28,30,34,37H,1-3,6-7,14-22H2,(H,33,38)(H,35,39)/t27?,28-,30?/m0/s1. The molecule has 2 aromatic carbocycles. The molecule has 5 rings (SSSR count). The van der Waals surface area contributed by atoms with Gasteiger partial charge in [0.2, 0.25) is 5.91 Å². The molecular formula is C32H44N4O4S2. The number of morpholine rings is 1. The minimum absolute atomic E-state index is 0.0206. The number of benzene rings is 2. The lowest BCUT2D eigenvalue weighted by Crippen LogP contribution is -2.54. The summed E-state index contributed by atoms with van der Waals surface area (Å²) in [5.41, 5.74) is 2.66. The van der Waals surface area contributed by atoms with E-state index in [2.05, 4.69) is 45.1 Å². The molecule has 4 N–H and O–H groups in total. The number of hydrogen-bond donors (Lipinski definition) is 4. The van der Waals surface area contributed by atoms with Gasteiger partial charge in [-0.25, -0.2) is 0 Å². The zero-order chi connectivity index (χ0) is 29.1. The number of rotatable bonds is 12. The average molecular weight is 613 g/mol. The molecule has 2 unspecified atom stereocenters. The number of ether oxygens (including phenoxy) is 1. The molecule has 2 saturated heterocycles. The lowest BCUT2D eigenvalue weighted by atomic mass is 9.91. The molecule has 0 aromatic heterocycles. The Morgan fingerprint density at radius 3 is 2.55 bits per heavy atom. The first kappa shape index (κ1) is 31.0. The molecule has 228 valence electrons. The second-order valence-electron chi connectivity index (χ2n) is 11.5. The molecule has 2 amide bonds. The van der Waals surface area contributed by atoms with Crippen LogP contribution in [0.2, 0.25) is 0 Å². The number of phenols is 1. The van der Waals surface area contributed by atoms with Crippen molar-refractivity contribution in [3.8, 4) is 5.75 Å². The van der Waals surface area contributed by atoms with Crippen molar-refractivity contribution in [2.24, 2.45) is 5.92 Å². The Hall–Kier alpha value is -2.40. The maximum Gasteiger partial charge on any atom is 0.255 e. The van der Waals surface area contributed by atoms with Gasteiger partial charge in [-0.05, 0) is 60.8 Å². The van der Waals surface area contributed by atoms with Gasteiger partial charge in [-0.2, -0.15) is 11.8 Å². The molecule has 0 radical (unpaired) electrons. The summed E-state index contributed by atoms with van der Waals surface area (Å²) >= 11 is 3.65. The van der Waals surface area contributed by atoms with Gasteiger partial charge >= 0.3 is 0 Å². The van der Waals surface area contributed by atoms with Crippen LogP contribution in [0.3, 0.4) is 0 Å². The van der Waals surface area contributed by atoms with Crippen molar-refractivity contribution in [3.05, 3.63) is 59.7 Å². The number of anilines is 1. The van der Waals surface area contributed by atoms with E-state index in [1.54, 1.807) is 30.0 Å². The van der Waals surface area contributed by atoms with E-state index >= 15 is 0 Å². The van der Waals surface area contributed by atoms with E-state index in [9.17, 15) is 14.7 Å². The second-order valence-corrected chi connectivity index (χ2v) is 13.8. The fourth-order valence-corrected chi connectivity index (χ4v) is 8.41. The van der Waals surface area contributed by atoms with E-state index in [0.29, 0.717) is 5.92 Å². The number of hydrogen-bond acceptors (Lipinski definition) is 8. The zero-order valence-electron chi connectivity index (χ0n) is 24.3. The van der Waals surface area contributed by atoms with Crippen LogP contribution in [0, 0.1) is 5.92 Å². The topological polar surface area (TPSA) is 103 Å². The first-order valence-electron chi connectivity index (χ1n) is 15.3. The molecule has 0 spiro atoms. The molecule has 10 heteroatoms. The molecule has 2 aromatic rings. The van der Waals surface area contributed by atoms with Crippen LogP contribution in [0.5, 0.6) is 5.75 Å². The highest BCUT2D eigenvalue weighted by Gasteiger charge is 2.30. The molecule has 1 aliphatic carbocycles. The Labute approximate surface area is 258 Å². The number of carbonyl (C=O) groups excluding carboxylic acids is 2. The second kappa shape index (κ2) is 15.9. The van der Waals surface area contributed by atoms with Gasteiger partial charge in [0.05, 0.1) is 30.9 Å². The summed E-state index contributed by atoms with van der Waals surface area (Å²) in [6, 6.07) is 14.8. The van der Waals surface area contributed by atoms with Gasteiger partial charge in [0.25, 0.3) is 5.91 Å². The summed E-state index contributed by atoms with van der Waals surface area (Å²) in [4.78, 5) is 28.8. The summed E-state index contributed by atoms with van der Waals surface area (Å²) in [6.07, 6.45) is 7.21. The number of aromatic hydroxyl groups is 1. The van der Waals surface area contributed by atoms with E-state index in [4.69, 9.17) is 4.74 Å². The van der Waals surface area contributed by atoms with Crippen LogP contribution >= 0.6 is 23.5 Å². The van der Waals surface area contributed by atoms with Crippen LogP contribution in [0.25, 0.3) is 0 Å². The predicted molar refractivity (Wildman–Crippen MR) is 173 cm³/mol. The highest BCUT2D eigenvalue weighted by Crippen LogP contribution is 2.31. The molecule has 8 nitrogen and oxygen atoms in total. The highest BCUT2D eigenvalue weighted by atomic mass is 32.2. The third-order valence-electron chi connectivity index (χ3n) is 8.46. The number of carbonyl (C=O) groups is 2. The Morgan fingerprint density at radius 1 is 1.07 bits per heavy atom. The minimum Gasteiger partial charge on any atom is -0.507 e. The number of phenolic OH excluding ortho intramolecular Hbond substituents is 1. The first-order valence-corrected chi connectivity index (χ1v) is 17.5. The molecule has 3 aliphatic rings. The molecule has 3 atom stereocenters. The summed E-state index contributed by atoms with van der Waals surface area (Å²) in [5, 5.41) is 19.9. The summed E-state index contributed by atoms with van der Waals surface area (Å²) in [7, 11) is 0. The van der Waals surface area contributed by atoms with E-state index < -0.39 is 0 Å². The summed E-state index contributed by atoms with van der Waals surface area (Å²) in [6.45, 7) is 3.59. The largest absolute Gasteiger partial charge is 0.507 e. The maximum atomic E-state index is 13.3. The van der Waals surface area contributed by atoms with Crippen LogP contribution in [0.1, 0.15) is 48.0 Å². The first-order chi connectivity index (χ1) is 20.6. The Balaban J connectivity index is 1.33. The van der Waals surface area contributed by atoms with Crippen LogP contribution in [-0.4, -0.2) is 84.5 Å². The van der Waals surface area contributed by atoms with Gasteiger partial charge in [0.15, 0.2) is 0 Å². The summed E-state index contributed by atoms with van der Waals surface area (Å²) in [5.74, 6) is 2.84. The zero-order valence-corrected chi connectivity index (χ0v) is 25.9. The third-order valence-corrected chi connectivity index (χ3v) is 11.0. The van der Waals surface area contributed by atoms with Gasteiger partial charge in [-0.3, -0.25) is 14.9 Å². The predicted octanol–water partition coefficient (Wildman–Crippen LogP) is 4.03. The van der Waals surface area contributed by atoms with Crippen molar-refractivity contribution in [2.45, 2.75) is 55.9 Å². The van der Waals surface area contributed by atoms with E-state index in [1.807, 2.05) is 11.8 Å². The van der Waals surface area contributed by atoms with Gasteiger partial charge in [0.1, 0.15) is 5.75 Å². The van der Waals surface area contributed by atoms with Crippen molar-refractivity contribution in [1.82, 2.24) is 16.0 Å². The van der Waals surface area contributed by atoms with Crippen LogP contribution < -0.4 is 20.9 Å². The Bertz CT molecular complexity index is 1150. The summed E-state index contributed by atoms with van der Waals surface area (Å²) < 4.78 is 5.52. The number of thioether (sulfide) groups is 2. The van der Waals surface area contributed by atoms with Crippen LogP contribution in [-0.2, 0) is 16.0 Å². The Kier molecular flexibility index (Phi) is 11.7. The van der Waals surface area contributed by atoms with E-state index in [0.717, 1.165) is 50.1 Å². The van der Waals surface area contributed by atoms with E-state index in [1.165, 1.54) is 49.4 Å². The van der Waals surface area contributed by atoms with Crippen molar-refractivity contribution in [3.63, 3.8) is 0 Å². The van der Waals surface area contributed by atoms with Crippen LogP contribution in [0.4, 0.5) is 5.69 Å². The molecule has 1 saturated carbocycles. The fourth-order valence-electron chi connectivity index (χ4n) is 5.91. The van der Waals surface area contributed by atoms with Crippen molar-refractivity contribution >= 4 is 41.0 Å². The monoisotopic (exact) mass is 612 g/mol. The number of para-hydroxylation sites is 1. The third kappa shape index (κ3) is 8.81. The van der Waals surface area contributed by atoms with Gasteiger partial charge in [-0.15, -0.1) is 11.8 Å². The molecular weight excluding hydrogens is 569 g/mol. The fraction of sp³-hybridized carbons (Fsp3) is 0.562. The number of nitrogens with one attached hydrogen (secondary N) is 3. The lowest BCUT2D eigenvalue weighted by molar-refractivity contribution is -0.123. The van der Waals surface area contributed by atoms with Gasteiger partial charge in [0, 0.05) is 42.2 Å². The van der Waals surface area contributed by atoms with Crippen molar-refractivity contribution in [2.75, 3.05) is 55.1 Å². The van der Waals surface area contributed by atoms with Crippen molar-refractivity contribution < 1.29 is 19.4 Å².